The van der Waals surface area contributed by atoms with Gasteiger partial charge in [-0.2, -0.15) is 0 Å². The first-order valence-corrected chi connectivity index (χ1v) is 18.1. The maximum atomic E-state index is 11.0. The van der Waals surface area contributed by atoms with Crippen LogP contribution in [0.4, 0.5) is 0 Å². The normalized spacial score (nSPS) is 32.0. The highest BCUT2D eigenvalue weighted by molar-refractivity contribution is 5.66. The van der Waals surface area contributed by atoms with Crippen molar-refractivity contribution >= 4 is 5.97 Å². The van der Waals surface area contributed by atoms with Crippen LogP contribution in [0.25, 0.3) is 0 Å². The minimum absolute atomic E-state index is 0.231. The summed E-state index contributed by atoms with van der Waals surface area (Å²) in [5.41, 5.74) is 0. The van der Waals surface area contributed by atoms with Crippen molar-refractivity contribution in [2.24, 2.45) is 0 Å². The third-order valence-electron chi connectivity index (χ3n) is 9.34. The van der Waals surface area contributed by atoms with Crippen LogP contribution in [0.15, 0.2) is 0 Å². The van der Waals surface area contributed by atoms with Crippen LogP contribution in [0.2, 0.25) is 0 Å². The number of ether oxygens (including phenoxy) is 4. The van der Waals surface area contributed by atoms with Crippen molar-refractivity contribution in [3.63, 3.8) is 0 Å². The second-order valence-electron chi connectivity index (χ2n) is 13.3. The lowest BCUT2D eigenvalue weighted by molar-refractivity contribution is -0.372. The molecule has 0 amide bonds. The second-order valence-corrected chi connectivity index (χ2v) is 13.3. The number of hydrogen-bond donors (Lipinski definition) is 8. The zero-order valence-corrected chi connectivity index (χ0v) is 28.3. The van der Waals surface area contributed by atoms with Crippen LogP contribution >= 0.6 is 0 Å². The van der Waals surface area contributed by atoms with E-state index >= 15 is 0 Å². The van der Waals surface area contributed by atoms with Crippen LogP contribution in [0.5, 0.6) is 0 Å². The van der Waals surface area contributed by atoms with E-state index in [0.29, 0.717) is 0 Å². The maximum absolute atomic E-state index is 11.0. The Bertz CT molecular complexity index is 802. The Labute approximate surface area is 280 Å². The Morgan fingerprint density at radius 3 is 1.53 bits per heavy atom. The van der Waals surface area contributed by atoms with E-state index in [1.54, 1.807) is 0 Å². The molecule has 1 unspecified atom stereocenters. The van der Waals surface area contributed by atoms with Gasteiger partial charge in [0.05, 0.1) is 19.3 Å². The molecule has 2 fully saturated rings. The fourth-order valence-electron chi connectivity index (χ4n) is 6.33. The van der Waals surface area contributed by atoms with Crippen LogP contribution in [0.3, 0.4) is 0 Å². The largest absolute Gasteiger partial charge is 0.481 e. The summed E-state index contributed by atoms with van der Waals surface area (Å²) in [4.78, 5) is 10.6. The predicted octanol–water partition coefficient (Wildman–Crippen LogP) is 2.51. The van der Waals surface area contributed by atoms with Crippen LogP contribution in [-0.4, -0.2) is 128 Å². The number of carboxylic acids is 1. The number of aliphatic hydroxyl groups is 7. The molecule has 13 heteroatoms. The van der Waals surface area contributed by atoms with Crippen molar-refractivity contribution < 1.29 is 64.6 Å². The van der Waals surface area contributed by atoms with Gasteiger partial charge in [0.15, 0.2) is 12.6 Å². The fourth-order valence-corrected chi connectivity index (χ4v) is 6.33. The van der Waals surface area contributed by atoms with Crippen molar-refractivity contribution in [3.8, 4) is 0 Å². The molecule has 278 valence electrons. The molecule has 0 spiro atoms. The molecule has 0 aliphatic carbocycles. The van der Waals surface area contributed by atoms with Gasteiger partial charge >= 0.3 is 5.97 Å². The third-order valence-corrected chi connectivity index (χ3v) is 9.34. The van der Waals surface area contributed by atoms with Gasteiger partial charge in [0.25, 0.3) is 0 Å². The van der Waals surface area contributed by atoms with Gasteiger partial charge in [-0.05, 0) is 19.3 Å². The Morgan fingerprint density at radius 1 is 0.596 bits per heavy atom. The minimum atomic E-state index is -1.72. The van der Waals surface area contributed by atoms with Crippen molar-refractivity contribution in [1.82, 2.24) is 0 Å². The molecule has 0 aromatic rings. The molecule has 2 aliphatic rings. The highest BCUT2D eigenvalue weighted by Gasteiger charge is 2.51. The predicted molar refractivity (Wildman–Crippen MR) is 172 cm³/mol. The topological polar surface area (TPSA) is 216 Å². The average Bonchev–Trinajstić information content (AvgIpc) is 3.05. The van der Waals surface area contributed by atoms with E-state index in [9.17, 15) is 40.5 Å². The summed E-state index contributed by atoms with van der Waals surface area (Å²) in [6, 6.07) is 0. The van der Waals surface area contributed by atoms with E-state index < -0.39 is 80.6 Å². The molecule has 2 saturated heterocycles. The summed E-state index contributed by atoms with van der Waals surface area (Å²) in [5, 5.41) is 80.7. The van der Waals surface area contributed by atoms with Gasteiger partial charge in [-0.15, -0.1) is 0 Å². The van der Waals surface area contributed by atoms with Gasteiger partial charge in [0.2, 0.25) is 0 Å². The standard InChI is InChI=1S/C34H64O13/c1-2-3-4-5-9-12-15-18-23(19-16-13-10-7-6-8-11-14-17-20-26(37)38)44-34-32(30(42)28(40)25(22-36)46-34)47-33-31(43)29(41)27(39)24(21-35)45-33/h23-25,27-36,39-43H,2-22H2,1H3,(H,37,38)/t23?,24-,25-,27-,28-,29+,30+,31-,32-,33+,34-/m1/s1. The third kappa shape index (κ3) is 15.2. The number of unbranched alkanes of at least 4 members (excludes halogenated alkanes) is 14. The lowest BCUT2D eigenvalue weighted by Crippen LogP contribution is -2.65. The maximum Gasteiger partial charge on any atom is 0.303 e. The van der Waals surface area contributed by atoms with Crippen LogP contribution in [0.1, 0.15) is 129 Å². The van der Waals surface area contributed by atoms with Crippen molar-refractivity contribution in [2.75, 3.05) is 13.2 Å². The quantitative estimate of drug-likeness (QED) is 0.0617. The molecule has 0 bridgehead atoms. The Balaban J connectivity index is 1.99. The molecule has 13 nitrogen and oxygen atoms in total. The molecule has 2 heterocycles. The number of aliphatic carboxylic acids is 1. The Morgan fingerprint density at radius 2 is 1.04 bits per heavy atom. The summed E-state index contributed by atoms with van der Waals surface area (Å²) in [5.74, 6) is -0.742. The summed E-state index contributed by atoms with van der Waals surface area (Å²) in [6.45, 7) is 0.954. The van der Waals surface area contributed by atoms with Crippen LogP contribution < -0.4 is 0 Å². The summed E-state index contributed by atoms with van der Waals surface area (Å²) >= 11 is 0. The monoisotopic (exact) mass is 680 g/mol. The smallest absolute Gasteiger partial charge is 0.303 e. The second kappa shape index (κ2) is 24.2. The van der Waals surface area contributed by atoms with Crippen LogP contribution in [-0.2, 0) is 23.7 Å². The first-order valence-electron chi connectivity index (χ1n) is 18.1. The average molecular weight is 681 g/mol. The Hall–Kier alpha value is -0.970. The van der Waals surface area contributed by atoms with E-state index in [0.717, 1.165) is 89.9 Å². The van der Waals surface area contributed by atoms with E-state index in [1.165, 1.54) is 25.7 Å². The van der Waals surface area contributed by atoms with Crippen molar-refractivity contribution in [3.05, 3.63) is 0 Å². The minimum Gasteiger partial charge on any atom is -0.481 e. The molecule has 0 saturated carbocycles. The van der Waals surface area contributed by atoms with E-state index in [-0.39, 0.29) is 12.5 Å². The number of carboxylic acid groups (broad SMARTS) is 1. The van der Waals surface area contributed by atoms with Gasteiger partial charge in [-0.1, -0.05) is 103 Å². The van der Waals surface area contributed by atoms with E-state index in [4.69, 9.17) is 24.1 Å². The zero-order chi connectivity index (χ0) is 34.6. The van der Waals surface area contributed by atoms with E-state index in [2.05, 4.69) is 6.92 Å². The summed E-state index contributed by atoms with van der Waals surface area (Å²) < 4.78 is 23.6. The zero-order valence-electron chi connectivity index (χ0n) is 28.3. The van der Waals surface area contributed by atoms with Gasteiger partial charge in [-0.3, -0.25) is 4.79 Å². The highest BCUT2D eigenvalue weighted by Crippen LogP contribution is 2.31. The van der Waals surface area contributed by atoms with Crippen LogP contribution in [0, 0.1) is 0 Å². The van der Waals surface area contributed by atoms with Gasteiger partial charge in [0.1, 0.15) is 48.8 Å². The molecule has 0 aromatic carbocycles. The molecular weight excluding hydrogens is 616 g/mol. The number of carbonyl (C=O) groups is 1. The lowest BCUT2D eigenvalue weighted by atomic mass is 9.97. The lowest BCUT2D eigenvalue weighted by Gasteiger charge is -2.46. The molecular formula is C34H64O13. The van der Waals surface area contributed by atoms with Gasteiger partial charge in [0, 0.05) is 6.42 Å². The fraction of sp³-hybridized carbons (Fsp3) is 0.971. The first-order chi connectivity index (χ1) is 22.6. The summed E-state index contributed by atoms with van der Waals surface area (Å²) in [7, 11) is 0. The Kier molecular flexibility index (Phi) is 21.8. The van der Waals surface area contributed by atoms with E-state index in [1.807, 2.05) is 0 Å². The molecule has 0 aromatic heterocycles. The van der Waals surface area contributed by atoms with Crippen molar-refractivity contribution in [1.29, 1.82) is 0 Å². The molecule has 2 rings (SSSR count). The first kappa shape index (κ1) is 42.2. The molecule has 0 radical (unpaired) electrons. The molecule has 11 atom stereocenters. The van der Waals surface area contributed by atoms with Gasteiger partial charge < -0.3 is 59.8 Å². The highest BCUT2D eigenvalue weighted by atomic mass is 16.8. The number of aliphatic hydroxyl groups excluding tert-OH is 7. The van der Waals surface area contributed by atoms with Crippen molar-refractivity contribution in [2.45, 2.75) is 196 Å². The molecule has 2 aliphatic heterocycles. The number of hydrogen-bond acceptors (Lipinski definition) is 12. The SMILES string of the molecule is CCCCCCCCCC(CCCCCCCCCCCC(=O)O)O[C@@H]1O[C@H](CO)[C@@H](O)[C@H](O)[C@H]1O[C@@H]1O[C@H](CO)[C@@H](O)[C@H](O)[C@H]1O. The summed E-state index contributed by atoms with van der Waals surface area (Å²) in [6.07, 6.45) is 3.65. The molecule has 47 heavy (non-hydrogen) atoms. The van der Waals surface area contributed by atoms with Gasteiger partial charge in [-0.25, -0.2) is 0 Å². The molecule has 8 N–H and O–H groups in total. The number of rotatable bonds is 26.